The molecule has 0 radical (unpaired) electrons. The van der Waals surface area contributed by atoms with Crippen molar-refractivity contribution in [1.82, 2.24) is 0 Å². The first kappa shape index (κ1) is 58.2. The molecule has 0 aromatic carbocycles. The molecule has 0 aliphatic heterocycles. The van der Waals surface area contributed by atoms with Gasteiger partial charge >= 0.3 is 19.8 Å². The van der Waals surface area contributed by atoms with Crippen LogP contribution < -0.4 is 5.73 Å². The monoisotopic (exact) mass is 868 g/mol. The number of hydrogen-bond acceptors (Lipinski definition) is 8. The van der Waals surface area contributed by atoms with Gasteiger partial charge in [-0.15, -0.1) is 0 Å². The van der Waals surface area contributed by atoms with Crippen molar-refractivity contribution in [2.24, 2.45) is 5.73 Å². The van der Waals surface area contributed by atoms with E-state index in [1.54, 1.807) is 0 Å². The highest BCUT2D eigenvalue weighted by molar-refractivity contribution is 7.47. The zero-order valence-corrected chi connectivity index (χ0v) is 39.8. The zero-order chi connectivity index (χ0) is 43.9. The minimum Gasteiger partial charge on any atom is -0.462 e. The number of phosphoric ester groups is 1. The van der Waals surface area contributed by atoms with Crippen molar-refractivity contribution in [3.8, 4) is 0 Å². The van der Waals surface area contributed by atoms with Crippen molar-refractivity contribution in [3.05, 3.63) is 36.5 Å². The van der Waals surface area contributed by atoms with Crippen LogP contribution in [0.3, 0.4) is 0 Å². The first-order chi connectivity index (χ1) is 29.3. The van der Waals surface area contributed by atoms with Gasteiger partial charge in [0.15, 0.2) is 6.10 Å². The molecule has 60 heavy (non-hydrogen) atoms. The van der Waals surface area contributed by atoms with Crippen molar-refractivity contribution >= 4 is 19.8 Å². The molecule has 0 saturated carbocycles. The molecule has 0 aliphatic carbocycles. The lowest BCUT2D eigenvalue weighted by Crippen LogP contribution is -2.29. The molecule has 0 aromatic heterocycles. The minimum absolute atomic E-state index is 0.0509. The van der Waals surface area contributed by atoms with Gasteiger partial charge in [0.05, 0.1) is 13.2 Å². The summed E-state index contributed by atoms with van der Waals surface area (Å²) in [5, 5.41) is 0. The Morgan fingerprint density at radius 2 is 0.867 bits per heavy atom. The van der Waals surface area contributed by atoms with E-state index in [4.69, 9.17) is 24.3 Å². The van der Waals surface area contributed by atoms with Gasteiger partial charge in [-0.2, -0.15) is 0 Å². The van der Waals surface area contributed by atoms with Crippen LogP contribution in [0.4, 0.5) is 0 Å². The van der Waals surface area contributed by atoms with Gasteiger partial charge in [0.2, 0.25) is 0 Å². The van der Waals surface area contributed by atoms with Crippen molar-refractivity contribution in [2.75, 3.05) is 26.4 Å². The summed E-state index contributed by atoms with van der Waals surface area (Å²) >= 11 is 0. The fourth-order valence-corrected chi connectivity index (χ4v) is 7.82. The fraction of sp³-hybridized carbons (Fsp3) is 0.840. The maximum Gasteiger partial charge on any atom is 0.472 e. The van der Waals surface area contributed by atoms with E-state index in [1.807, 2.05) is 0 Å². The molecule has 0 saturated heterocycles. The van der Waals surface area contributed by atoms with Crippen molar-refractivity contribution in [2.45, 2.75) is 245 Å². The number of allylic oxidation sites excluding steroid dienone is 6. The van der Waals surface area contributed by atoms with Crippen LogP contribution in [0, 0.1) is 0 Å². The number of phosphoric acid groups is 1. The summed E-state index contributed by atoms with van der Waals surface area (Å²) in [6, 6.07) is 0. The summed E-state index contributed by atoms with van der Waals surface area (Å²) in [5.41, 5.74) is 5.36. The van der Waals surface area contributed by atoms with Gasteiger partial charge in [0, 0.05) is 19.4 Å². The van der Waals surface area contributed by atoms with E-state index in [0.717, 1.165) is 51.4 Å². The molecular weight excluding hydrogens is 774 g/mol. The quantitative estimate of drug-likeness (QED) is 0.0265. The first-order valence-electron chi connectivity index (χ1n) is 25.0. The van der Waals surface area contributed by atoms with Crippen LogP contribution in [0.15, 0.2) is 36.5 Å². The zero-order valence-electron chi connectivity index (χ0n) is 38.9. The van der Waals surface area contributed by atoms with E-state index in [0.29, 0.717) is 12.8 Å². The van der Waals surface area contributed by atoms with Gasteiger partial charge in [0.1, 0.15) is 6.61 Å². The second kappa shape index (κ2) is 46.7. The number of nitrogens with two attached hydrogens (primary N) is 1. The van der Waals surface area contributed by atoms with Crippen LogP contribution in [0.2, 0.25) is 0 Å². The van der Waals surface area contributed by atoms with Gasteiger partial charge < -0.3 is 20.1 Å². The maximum absolute atomic E-state index is 12.6. The number of unbranched alkanes of at least 4 members (excludes halogenated alkanes) is 28. The molecule has 0 bridgehead atoms. The number of rotatable bonds is 47. The van der Waals surface area contributed by atoms with Crippen LogP contribution in [-0.2, 0) is 32.7 Å². The SMILES string of the molecule is CCCCC/C=C/C/C=C/C/C=C/CCCCCCC(=O)OC[C@H](COP(=O)(O)OCCN)OC(=O)CCCCCCCCCCCCCCCCCCCCCCCC. The smallest absolute Gasteiger partial charge is 0.462 e. The second-order valence-corrected chi connectivity index (χ2v) is 18.1. The highest BCUT2D eigenvalue weighted by atomic mass is 31.2. The lowest BCUT2D eigenvalue weighted by atomic mass is 10.0. The summed E-state index contributed by atoms with van der Waals surface area (Å²) in [6.45, 7) is 3.72. The Kier molecular flexibility index (Phi) is 45.3. The Hall–Kier alpha value is -1.77. The highest BCUT2D eigenvalue weighted by Gasteiger charge is 2.26. The minimum atomic E-state index is -4.38. The van der Waals surface area contributed by atoms with E-state index in [1.165, 1.54) is 148 Å². The molecule has 0 amide bonds. The number of hydrogen-bond donors (Lipinski definition) is 2. The summed E-state index contributed by atoms with van der Waals surface area (Å²) in [4.78, 5) is 35.0. The molecule has 10 heteroatoms. The lowest BCUT2D eigenvalue weighted by molar-refractivity contribution is -0.161. The molecule has 0 fully saturated rings. The van der Waals surface area contributed by atoms with Gasteiger partial charge in [-0.05, 0) is 51.4 Å². The molecule has 2 atom stereocenters. The number of esters is 2. The van der Waals surface area contributed by atoms with E-state index in [-0.39, 0.29) is 32.6 Å². The van der Waals surface area contributed by atoms with E-state index in [9.17, 15) is 19.0 Å². The van der Waals surface area contributed by atoms with Crippen LogP contribution >= 0.6 is 7.82 Å². The molecule has 0 rings (SSSR count). The molecule has 352 valence electrons. The number of ether oxygens (including phenoxy) is 2. The predicted octanol–water partition coefficient (Wildman–Crippen LogP) is 14.9. The standard InChI is InChI=1S/C50H94NO8P/c1-3-5-7-9-11-13-15-17-19-21-22-23-24-25-27-29-31-33-35-37-39-41-43-50(53)59-48(47-58-60(54,55)57-45-44-51)46-56-49(52)42-40-38-36-34-32-30-28-26-20-18-16-14-12-10-8-6-4-2/h12,14,18,20,28,30,48H,3-11,13,15-17,19,21-27,29,31-47,51H2,1-2H3,(H,54,55)/b14-12+,20-18+,30-28+/t48-/m1/s1. The van der Waals surface area contributed by atoms with Gasteiger partial charge in [-0.1, -0.05) is 211 Å². The first-order valence-corrected chi connectivity index (χ1v) is 26.5. The molecule has 9 nitrogen and oxygen atoms in total. The van der Waals surface area contributed by atoms with Crippen LogP contribution in [-0.4, -0.2) is 49.3 Å². The normalized spacial score (nSPS) is 13.5. The second-order valence-electron chi connectivity index (χ2n) is 16.7. The number of carbonyl (C=O) groups is 2. The summed E-state index contributed by atoms with van der Waals surface area (Å²) < 4.78 is 32.9. The van der Waals surface area contributed by atoms with Crippen molar-refractivity contribution in [3.63, 3.8) is 0 Å². The molecular formula is C50H94NO8P. The Bertz CT molecular complexity index is 1080. The summed E-state index contributed by atoms with van der Waals surface area (Å²) in [7, 11) is -4.38. The molecule has 0 aliphatic rings. The average Bonchev–Trinajstić information content (AvgIpc) is 3.24. The van der Waals surface area contributed by atoms with E-state index in [2.05, 4.69) is 50.3 Å². The molecule has 0 aromatic rings. The van der Waals surface area contributed by atoms with E-state index >= 15 is 0 Å². The Labute approximate surface area is 369 Å². The third-order valence-electron chi connectivity index (χ3n) is 10.8. The third kappa shape index (κ3) is 45.7. The number of carbonyl (C=O) groups excluding carboxylic acids is 2. The topological polar surface area (TPSA) is 134 Å². The van der Waals surface area contributed by atoms with E-state index < -0.39 is 32.5 Å². The Balaban J connectivity index is 4.06. The van der Waals surface area contributed by atoms with Crippen LogP contribution in [0.1, 0.15) is 239 Å². The third-order valence-corrected chi connectivity index (χ3v) is 11.8. The molecule has 0 spiro atoms. The Morgan fingerprint density at radius 1 is 0.500 bits per heavy atom. The highest BCUT2D eigenvalue weighted by Crippen LogP contribution is 2.43. The predicted molar refractivity (Wildman–Crippen MR) is 252 cm³/mol. The Morgan fingerprint density at radius 3 is 1.32 bits per heavy atom. The fourth-order valence-electron chi connectivity index (χ4n) is 7.05. The van der Waals surface area contributed by atoms with Gasteiger partial charge in [-0.3, -0.25) is 18.6 Å². The van der Waals surface area contributed by atoms with Crippen molar-refractivity contribution in [1.29, 1.82) is 0 Å². The van der Waals surface area contributed by atoms with Gasteiger partial charge in [0.25, 0.3) is 0 Å². The van der Waals surface area contributed by atoms with Crippen molar-refractivity contribution < 1.29 is 37.6 Å². The molecule has 1 unspecified atom stereocenters. The van der Waals surface area contributed by atoms with Gasteiger partial charge in [-0.25, -0.2) is 4.57 Å². The summed E-state index contributed by atoms with van der Waals surface area (Å²) in [5.74, 6) is -0.844. The average molecular weight is 868 g/mol. The van der Waals surface area contributed by atoms with Crippen LogP contribution in [0.5, 0.6) is 0 Å². The van der Waals surface area contributed by atoms with Crippen LogP contribution in [0.25, 0.3) is 0 Å². The summed E-state index contributed by atoms with van der Waals surface area (Å²) in [6.07, 6.45) is 53.2. The molecule has 0 heterocycles. The maximum atomic E-state index is 12.6. The molecule has 3 N–H and O–H groups in total. The largest absolute Gasteiger partial charge is 0.472 e. The lowest BCUT2D eigenvalue weighted by Gasteiger charge is -2.19.